The first-order valence-electron chi connectivity index (χ1n) is 11.6. The van der Waals surface area contributed by atoms with E-state index in [0.29, 0.717) is 37.2 Å². The first-order valence-corrected chi connectivity index (χ1v) is 12.0. The quantitative estimate of drug-likeness (QED) is 0.346. The number of aliphatic hydroxyl groups is 1. The lowest BCUT2D eigenvalue weighted by atomic mass is 9.73. The molecule has 0 aliphatic carbocycles. The number of carbonyl (C=O) groups excluding carboxylic acids is 1. The second kappa shape index (κ2) is 10.1. The summed E-state index contributed by atoms with van der Waals surface area (Å²) in [4.78, 5) is 17.7. The van der Waals surface area contributed by atoms with Crippen molar-refractivity contribution < 1.29 is 14.6 Å². The van der Waals surface area contributed by atoms with Gasteiger partial charge in [-0.3, -0.25) is 4.79 Å². The maximum absolute atomic E-state index is 11.7. The number of pyridine rings is 1. The van der Waals surface area contributed by atoms with E-state index >= 15 is 0 Å². The van der Waals surface area contributed by atoms with Crippen LogP contribution in [0.15, 0.2) is 48.7 Å². The Bertz CT molecular complexity index is 1350. The highest BCUT2D eigenvalue weighted by atomic mass is 35.5. The van der Waals surface area contributed by atoms with Crippen LogP contribution in [-0.4, -0.2) is 34.0 Å². The Labute approximate surface area is 215 Å². The average molecular weight is 506 g/mol. The monoisotopic (exact) mass is 505 g/mol. The van der Waals surface area contributed by atoms with E-state index in [2.05, 4.69) is 11.1 Å². The summed E-state index contributed by atoms with van der Waals surface area (Å²) in [5, 5.41) is 21.1. The number of amides is 1. The molecule has 2 aromatic carbocycles. The van der Waals surface area contributed by atoms with E-state index in [4.69, 9.17) is 27.8 Å². The number of hydrogen-bond donors (Lipinski definition) is 3. The number of nitrogen functional groups attached to an aromatic ring is 2. The Morgan fingerprint density at radius 1 is 1.22 bits per heavy atom. The second-order valence-corrected chi connectivity index (χ2v) is 9.46. The zero-order valence-electron chi connectivity index (χ0n) is 20.2. The topological polar surface area (TPSA) is 138 Å². The molecule has 2 heterocycles. The normalized spacial score (nSPS) is 15.7. The van der Waals surface area contributed by atoms with E-state index in [9.17, 15) is 15.2 Å². The number of rotatable bonds is 5. The number of aliphatic hydroxyl groups excluding tert-OH is 1. The fourth-order valence-corrected chi connectivity index (χ4v) is 4.78. The van der Waals surface area contributed by atoms with Crippen LogP contribution in [0.5, 0.6) is 5.75 Å². The zero-order valence-corrected chi connectivity index (χ0v) is 20.9. The molecule has 0 spiro atoms. The van der Waals surface area contributed by atoms with Crippen molar-refractivity contribution in [2.75, 3.05) is 24.6 Å². The number of ether oxygens (including phenoxy) is 1. The van der Waals surface area contributed by atoms with Crippen molar-refractivity contribution in [1.82, 2.24) is 9.88 Å². The Kier molecular flexibility index (Phi) is 7.07. The fraction of sp³-hybridized carbons (Fsp3) is 0.296. The molecule has 1 aliphatic rings. The summed E-state index contributed by atoms with van der Waals surface area (Å²) in [5.41, 5.74) is 15.2. The molecule has 36 heavy (non-hydrogen) atoms. The van der Waals surface area contributed by atoms with Crippen LogP contribution in [0.2, 0.25) is 5.02 Å². The number of halogens is 1. The number of hydrogen-bond acceptors (Lipinski definition) is 7. The number of carbonyl (C=O) groups is 1. The Morgan fingerprint density at radius 2 is 1.94 bits per heavy atom. The third-order valence-electron chi connectivity index (χ3n) is 6.84. The second-order valence-electron chi connectivity index (χ2n) is 9.05. The minimum Gasteiger partial charge on any atom is -0.457 e. The number of nitriles is 1. The maximum Gasteiger partial charge on any atom is 0.227 e. The van der Waals surface area contributed by atoms with Gasteiger partial charge in [0.1, 0.15) is 0 Å². The summed E-state index contributed by atoms with van der Waals surface area (Å²) < 4.78 is 5.75. The van der Waals surface area contributed by atoms with E-state index in [1.54, 1.807) is 36.2 Å². The molecule has 0 bridgehead atoms. The van der Waals surface area contributed by atoms with Crippen molar-refractivity contribution >= 4 is 29.0 Å². The summed E-state index contributed by atoms with van der Waals surface area (Å²) in [6.07, 6.45) is 1.28. The molecular weight excluding hydrogens is 478 g/mol. The highest BCUT2D eigenvalue weighted by Crippen LogP contribution is 2.38. The number of benzene rings is 2. The molecule has 0 radical (unpaired) electrons. The summed E-state index contributed by atoms with van der Waals surface area (Å²) >= 11 is 6.26. The van der Waals surface area contributed by atoms with Gasteiger partial charge in [-0.15, -0.1) is 0 Å². The molecule has 3 aromatic rings. The number of aryl methyl sites for hydroxylation is 1. The molecule has 1 unspecified atom stereocenters. The Morgan fingerprint density at radius 3 is 2.61 bits per heavy atom. The molecule has 1 aliphatic heterocycles. The van der Waals surface area contributed by atoms with Crippen molar-refractivity contribution in [3.63, 3.8) is 0 Å². The average Bonchev–Trinajstić information content (AvgIpc) is 2.88. The molecule has 9 heteroatoms. The van der Waals surface area contributed by atoms with E-state index in [-0.39, 0.29) is 28.1 Å². The Balaban J connectivity index is 1.63. The van der Waals surface area contributed by atoms with Crippen molar-refractivity contribution in [3.8, 4) is 22.9 Å². The summed E-state index contributed by atoms with van der Waals surface area (Å²) in [7, 11) is 0. The van der Waals surface area contributed by atoms with Gasteiger partial charge in [-0.2, -0.15) is 5.26 Å². The molecule has 1 atom stereocenters. The molecule has 4 rings (SSSR count). The van der Waals surface area contributed by atoms with Gasteiger partial charge in [0.25, 0.3) is 0 Å². The first kappa shape index (κ1) is 25.3. The molecule has 1 fully saturated rings. The third-order valence-corrected chi connectivity index (χ3v) is 7.17. The van der Waals surface area contributed by atoms with E-state index in [0.717, 1.165) is 16.7 Å². The lowest BCUT2D eigenvalue weighted by Crippen LogP contribution is -2.43. The predicted molar refractivity (Wildman–Crippen MR) is 139 cm³/mol. The number of likely N-dealkylation sites (tertiary alicyclic amines) is 1. The molecular formula is C27H28ClN5O3. The van der Waals surface area contributed by atoms with E-state index < -0.39 is 11.7 Å². The standard InChI is InChI=1S/C27H28ClN5O3/c1-16-6-7-21(28)23(24(16)30)26(35)36-22-13-19(14-32-25(22)31)18-4-3-5-20(12-18)27(15-29)8-10-33(11-9-27)17(2)34/h3-7,12-14,26,35H,8-11,30H2,1-2H3,(H2,31,32). The zero-order chi connectivity index (χ0) is 26.0. The smallest absolute Gasteiger partial charge is 0.227 e. The fourth-order valence-electron chi connectivity index (χ4n) is 4.52. The van der Waals surface area contributed by atoms with Crippen molar-refractivity contribution in [3.05, 3.63) is 70.4 Å². The van der Waals surface area contributed by atoms with Crippen LogP contribution >= 0.6 is 11.6 Å². The highest BCUT2D eigenvalue weighted by molar-refractivity contribution is 6.31. The van der Waals surface area contributed by atoms with Gasteiger partial charge in [-0.25, -0.2) is 4.98 Å². The minimum atomic E-state index is -1.45. The van der Waals surface area contributed by atoms with Crippen LogP contribution in [-0.2, 0) is 10.2 Å². The van der Waals surface area contributed by atoms with Crippen LogP contribution in [0, 0.1) is 18.3 Å². The molecule has 8 nitrogen and oxygen atoms in total. The molecule has 186 valence electrons. The van der Waals surface area contributed by atoms with Crippen molar-refractivity contribution in [2.24, 2.45) is 0 Å². The minimum absolute atomic E-state index is 0.0201. The van der Waals surface area contributed by atoms with Gasteiger partial charge < -0.3 is 26.2 Å². The van der Waals surface area contributed by atoms with Crippen molar-refractivity contribution in [2.45, 2.75) is 38.4 Å². The summed E-state index contributed by atoms with van der Waals surface area (Å²) in [6, 6.07) is 15.3. The lowest BCUT2D eigenvalue weighted by Gasteiger charge is -2.37. The van der Waals surface area contributed by atoms with Gasteiger partial charge in [0, 0.05) is 37.5 Å². The highest BCUT2D eigenvalue weighted by Gasteiger charge is 2.37. The predicted octanol–water partition coefficient (Wildman–Crippen LogP) is 4.35. The number of piperidine rings is 1. The van der Waals surface area contributed by atoms with E-state index in [1.165, 1.54) is 0 Å². The van der Waals surface area contributed by atoms with Crippen LogP contribution in [0.3, 0.4) is 0 Å². The van der Waals surface area contributed by atoms with Gasteiger partial charge in [0.05, 0.1) is 22.1 Å². The van der Waals surface area contributed by atoms with Gasteiger partial charge in [-0.1, -0.05) is 35.9 Å². The summed E-state index contributed by atoms with van der Waals surface area (Å²) in [6.45, 7) is 4.43. The number of nitrogens with two attached hydrogens (primary N) is 2. The summed E-state index contributed by atoms with van der Waals surface area (Å²) in [5.74, 6) is 0.292. The van der Waals surface area contributed by atoms with Gasteiger partial charge >= 0.3 is 0 Å². The first-order chi connectivity index (χ1) is 17.1. The van der Waals surface area contributed by atoms with Crippen LogP contribution in [0.4, 0.5) is 11.5 Å². The lowest BCUT2D eigenvalue weighted by molar-refractivity contribution is -0.130. The number of anilines is 2. The largest absolute Gasteiger partial charge is 0.457 e. The van der Waals surface area contributed by atoms with Crippen LogP contribution in [0.1, 0.15) is 42.7 Å². The number of aromatic nitrogens is 1. The van der Waals surface area contributed by atoms with Crippen LogP contribution in [0.25, 0.3) is 11.1 Å². The SMILES string of the molecule is CC(=O)N1CCC(C#N)(c2cccc(-c3cnc(N)c(OC(O)c4c(Cl)ccc(C)c4N)c3)c2)CC1. The number of nitrogens with zero attached hydrogens (tertiary/aromatic N) is 3. The molecule has 5 N–H and O–H groups in total. The molecule has 1 saturated heterocycles. The van der Waals surface area contributed by atoms with Gasteiger partial charge in [0.2, 0.25) is 12.2 Å². The van der Waals surface area contributed by atoms with E-state index in [1.807, 2.05) is 31.2 Å². The van der Waals surface area contributed by atoms with Gasteiger partial charge in [-0.05, 0) is 54.7 Å². The maximum atomic E-state index is 11.7. The van der Waals surface area contributed by atoms with Gasteiger partial charge in [0.15, 0.2) is 11.6 Å². The van der Waals surface area contributed by atoms with Crippen LogP contribution < -0.4 is 16.2 Å². The molecule has 1 aromatic heterocycles. The third kappa shape index (κ3) is 4.81. The van der Waals surface area contributed by atoms with Crippen molar-refractivity contribution in [1.29, 1.82) is 5.26 Å². The molecule has 0 saturated carbocycles. The Hall–Kier alpha value is -3.80. The molecule has 1 amide bonds.